The fourth-order valence-electron chi connectivity index (χ4n) is 3.80. The topological polar surface area (TPSA) is 54.9 Å². The van der Waals surface area contributed by atoms with Crippen LogP contribution in [0, 0.1) is 0 Å². The number of pyridine rings is 1. The predicted octanol–water partition coefficient (Wildman–Crippen LogP) is 3.76. The predicted molar refractivity (Wildman–Crippen MR) is 122 cm³/mol. The molecule has 2 aliphatic rings. The molecule has 3 heterocycles. The zero-order valence-corrected chi connectivity index (χ0v) is 18.3. The molecule has 4 rings (SSSR count). The molecule has 1 amide bonds. The molecule has 1 aromatic carbocycles. The summed E-state index contributed by atoms with van der Waals surface area (Å²) in [5.74, 6) is 0.353. The van der Waals surface area contributed by atoms with Gasteiger partial charge in [-0.2, -0.15) is 0 Å². The molecular formula is C24H28ClN3O3. The minimum absolute atomic E-state index is 0.0357. The Morgan fingerprint density at radius 2 is 1.90 bits per heavy atom. The monoisotopic (exact) mass is 441 g/mol. The Balaban J connectivity index is 1.27. The van der Waals surface area contributed by atoms with E-state index in [4.69, 9.17) is 21.1 Å². The summed E-state index contributed by atoms with van der Waals surface area (Å²) in [7, 11) is 0. The maximum absolute atomic E-state index is 12.9. The minimum atomic E-state index is -0.0357. The second-order valence-electron chi connectivity index (χ2n) is 7.85. The Hall–Kier alpha value is -2.41. The van der Waals surface area contributed by atoms with Gasteiger partial charge in [0.15, 0.2) is 0 Å². The molecule has 0 spiro atoms. The Bertz CT molecular complexity index is 892. The van der Waals surface area contributed by atoms with Crippen molar-refractivity contribution in [2.75, 3.05) is 45.9 Å². The number of aromatic nitrogens is 1. The Morgan fingerprint density at radius 3 is 2.61 bits per heavy atom. The summed E-state index contributed by atoms with van der Waals surface area (Å²) in [4.78, 5) is 21.4. The molecule has 0 radical (unpaired) electrons. The largest absolute Gasteiger partial charge is 0.473 e. The number of carbonyl (C=O) groups excluding carboxylic acids is 1. The third-order valence-electron chi connectivity index (χ3n) is 5.63. The standard InChI is InChI=1S/C24H28ClN3O3/c25-22-17-20(18-26-23(22)31-21-8-15-30-16-9-21)24(29)28-13-11-27(12-14-28)10-4-7-19-5-2-1-3-6-19/h1-7,17-18,21H,8-16H2/b7-4+. The van der Waals surface area contributed by atoms with Crippen LogP contribution in [-0.2, 0) is 4.74 Å². The van der Waals surface area contributed by atoms with Crippen LogP contribution in [0.5, 0.6) is 5.88 Å². The SMILES string of the molecule is O=C(c1cnc(OC2CCOCC2)c(Cl)c1)N1CCN(C/C=C/c2ccccc2)CC1. The van der Waals surface area contributed by atoms with Crippen molar-refractivity contribution in [2.24, 2.45) is 0 Å². The van der Waals surface area contributed by atoms with E-state index in [2.05, 4.69) is 34.2 Å². The first-order valence-corrected chi connectivity index (χ1v) is 11.2. The molecule has 7 heteroatoms. The van der Waals surface area contributed by atoms with Crippen LogP contribution in [-0.4, -0.2) is 72.7 Å². The van der Waals surface area contributed by atoms with Gasteiger partial charge in [0.1, 0.15) is 11.1 Å². The second-order valence-corrected chi connectivity index (χ2v) is 8.25. The third kappa shape index (κ3) is 6.06. The highest BCUT2D eigenvalue weighted by Gasteiger charge is 2.23. The fourth-order valence-corrected chi connectivity index (χ4v) is 4.01. The van der Waals surface area contributed by atoms with Crippen LogP contribution >= 0.6 is 11.6 Å². The molecule has 2 fully saturated rings. The lowest BCUT2D eigenvalue weighted by molar-refractivity contribution is 0.0237. The molecule has 0 bridgehead atoms. The molecule has 2 aromatic rings. The molecule has 31 heavy (non-hydrogen) atoms. The van der Waals surface area contributed by atoms with Gasteiger partial charge in [-0.25, -0.2) is 4.98 Å². The van der Waals surface area contributed by atoms with Crippen molar-refractivity contribution in [1.29, 1.82) is 0 Å². The number of hydrogen-bond acceptors (Lipinski definition) is 5. The summed E-state index contributed by atoms with van der Waals surface area (Å²) in [6.07, 6.45) is 7.58. The molecule has 2 saturated heterocycles. The summed E-state index contributed by atoms with van der Waals surface area (Å²) in [6.45, 7) is 5.32. The van der Waals surface area contributed by atoms with Crippen molar-refractivity contribution in [3.63, 3.8) is 0 Å². The maximum atomic E-state index is 12.9. The quantitative estimate of drug-likeness (QED) is 0.683. The first kappa shape index (κ1) is 21.8. The van der Waals surface area contributed by atoms with Crippen molar-refractivity contribution >= 4 is 23.6 Å². The summed E-state index contributed by atoms with van der Waals surface area (Å²) in [5, 5.41) is 0.377. The summed E-state index contributed by atoms with van der Waals surface area (Å²) in [6, 6.07) is 11.9. The van der Waals surface area contributed by atoms with Crippen molar-refractivity contribution in [2.45, 2.75) is 18.9 Å². The average Bonchev–Trinajstić information content (AvgIpc) is 2.82. The van der Waals surface area contributed by atoms with Crippen LogP contribution in [0.2, 0.25) is 5.02 Å². The van der Waals surface area contributed by atoms with Crippen LogP contribution in [0.25, 0.3) is 6.08 Å². The van der Waals surface area contributed by atoms with Crippen LogP contribution in [0.3, 0.4) is 0 Å². The number of ether oxygens (including phenoxy) is 2. The Kier molecular flexibility index (Phi) is 7.57. The van der Waals surface area contributed by atoms with E-state index in [0.717, 1.165) is 32.5 Å². The zero-order chi connectivity index (χ0) is 21.5. The highest BCUT2D eigenvalue weighted by atomic mass is 35.5. The Labute approximate surface area is 188 Å². The van der Waals surface area contributed by atoms with E-state index in [1.807, 2.05) is 23.1 Å². The van der Waals surface area contributed by atoms with Crippen LogP contribution in [0.1, 0.15) is 28.8 Å². The number of piperazine rings is 1. The lowest BCUT2D eigenvalue weighted by Gasteiger charge is -2.34. The first-order valence-electron chi connectivity index (χ1n) is 10.8. The summed E-state index contributed by atoms with van der Waals surface area (Å²) in [5.41, 5.74) is 1.70. The second kappa shape index (κ2) is 10.8. The normalized spacial score (nSPS) is 18.4. The number of nitrogens with zero attached hydrogens (tertiary/aromatic N) is 3. The summed E-state index contributed by atoms with van der Waals surface area (Å²) < 4.78 is 11.2. The summed E-state index contributed by atoms with van der Waals surface area (Å²) >= 11 is 6.36. The third-order valence-corrected chi connectivity index (χ3v) is 5.90. The van der Waals surface area contributed by atoms with Gasteiger partial charge in [-0.05, 0) is 11.6 Å². The van der Waals surface area contributed by atoms with Crippen LogP contribution in [0.15, 0.2) is 48.7 Å². The van der Waals surface area contributed by atoms with Gasteiger partial charge in [0, 0.05) is 51.8 Å². The average molecular weight is 442 g/mol. The number of carbonyl (C=O) groups is 1. The molecule has 2 aliphatic heterocycles. The molecule has 0 atom stereocenters. The van der Waals surface area contributed by atoms with E-state index < -0.39 is 0 Å². The maximum Gasteiger partial charge on any atom is 0.255 e. The van der Waals surface area contributed by atoms with Crippen LogP contribution < -0.4 is 4.74 Å². The molecule has 1 aromatic heterocycles. The molecule has 6 nitrogen and oxygen atoms in total. The first-order chi connectivity index (χ1) is 15.2. The van der Waals surface area contributed by atoms with Gasteiger partial charge in [-0.3, -0.25) is 9.69 Å². The lowest BCUT2D eigenvalue weighted by Crippen LogP contribution is -2.48. The van der Waals surface area contributed by atoms with Gasteiger partial charge in [-0.1, -0.05) is 54.1 Å². The highest BCUT2D eigenvalue weighted by Crippen LogP contribution is 2.26. The van der Waals surface area contributed by atoms with E-state index in [0.29, 0.717) is 42.8 Å². The van der Waals surface area contributed by atoms with Gasteiger partial charge >= 0.3 is 0 Å². The number of rotatable bonds is 6. The van der Waals surface area contributed by atoms with Gasteiger partial charge in [0.05, 0.1) is 18.8 Å². The molecule has 164 valence electrons. The van der Waals surface area contributed by atoms with Gasteiger partial charge in [-0.15, -0.1) is 0 Å². The van der Waals surface area contributed by atoms with E-state index in [9.17, 15) is 4.79 Å². The molecule has 0 N–H and O–H groups in total. The van der Waals surface area contributed by atoms with E-state index in [1.54, 1.807) is 12.3 Å². The smallest absolute Gasteiger partial charge is 0.255 e. The molecule has 0 unspecified atom stereocenters. The van der Waals surface area contributed by atoms with Gasteiger partial charge < -0.3 is 14.4 Å². The van der Waals surface area contributed by atoms with Crippen molar-refractivity contribution in [3.05, 3.63) is 64.8 Å². The highest BCUT2D eigenvalue weighted by molar-refractivity contribution is 6.32. The van der Waals surface area contributed by atoms with Crippen molar-refractivity contribution < 1.29 is 14.3 Å². The van der Waals surface area contributed by atoms with Crippen molar-refractivity contribution in [3.8, 4) is 5.88 Å². The van der Waals surface area contributed by atoms with Gasteiger partial charge in [0.2, 0.25) is 5.88 Å². The van der Waals surface area contributed by atoms with Crippen LogP contribution in [0.4, 0.5) is 0 Å². The van der Waals surface area contributed by atoms with Gasteiger partial charge in [0.25, 0.3) is 5.91 Å². The van der Waals surface area contributed by atoms with E-state index in [1.165, 1.54) is 5.56 Å². The minimum Gasteiger partial charge on any atom is -0.473 e. The fraction of sp³-hybridized carbons (Fsp3) is 0.417. The molecule has 0 saturated carbocycles. The number of amides is 1. The van der Waals surface area contributed by atoms with E-state index in [-0.39, 0.29) is 12.0 Å². The van der Waals surface area contributed by atoms with E-state index >= 15 is 0 Å². The number of halogens is 1. The lowest BCUT2D eigenvalue weighted by atomic mass is 10.1. The molecule has 0 aliphatic carbocycles. The van der Waals surface area contributed by atoms with Crippen molar-refractivity contribution in [1.82, 2.24) is 14.8 Å². The molecular weight excluding hydrogens is 414 g/mol. The Morgan fingerprint density at radius 1 is 1.16 bits per heavy atom. The number of hydrogen-bond donors (Lipinski definition) is 0. The zero-order valence-electron chi connectivity index (χ0n) is 17.6. The number of benzene rings is 1.